The first kappa shape index (κ1) is 13.8. The Hall–Kier alpha value is -0.580. The lowest BCUT2D eigenvalue weighted by atomic mass is 8.92. The third kappa shape index (κ3) is 0.771. The normalized spacial score (nSPS) is 57.0. The molecular weight excluding hydrogens is 346 g/mol. The van der Waals surface area contributed by atoms with E-state index in [-0.39, 0.29) is 33.2 Å². The van der Waals surface area contributed by atoms with Crippen LogP contribution in [0.2, 0.25) is 0 Å². The largest absolute Gasteiger partial charge is 0.469 e. The van der Waals surface area contributed by atoms with Crippen molar-refractivity contribution in [1.82, 2.24) is 4.90 Å². The van der Waals surface area contributed by atoms with Gasteiger partial charge in [-0.25, -0.2) is 0 Å². The zero-order valence-electron chi connectivity index (χ0n) is 13.6. The highest BCUT2D eigenvalue weighted by molar-refractivity contribution is 9.10. The van der Waals surface area contributed by atoms with Crippen LogP contribution < -0.4 is 0 Å². The van der Waals surface area contributed by atoms with E-state index in [4.69, 9.17) is 4.74 Å². The predicted molar refractivity (Wildman–Crippen MR) is 83.1 cm³/mol. The molecule has 4 nitrogen and oxygen atoms in total. The number of rotatable bonds is 4. The van der Waals surface area contributed by atoms with Gasteiger partial charge in [0.05, 0.1) is 22.3 Å². The number of nitrogens with zero attached hydrogens (tertiary/aromatic N) is 1. The Balaban J connectivity index is 1.48. The fourth-order valence-corrected chi connectivity index (χ4v) is 9.85. The van der Waals surface area contributed by atoms with Gasteiger partial charge in [0.1, 0.15) is 0 Å². The molecule has 1 amide bonds. The van der Waals surface area contributed by atoms with Crippen molar-refractivity contribution in [3.05, 3.63) is 0 Å². The second kappa shape index (κ2) is 3.28. The maximum atomic E-state index is 13.3. The van der Waals surface area contributed by atoms with Crippen molar-refractivity contribution in [1.29, 1.82) is 0 Å². The first-order chi connectivity index (χ1) is 10.3. The number of ether oxygens (including phenoxy) is 1. The van der Waals surface area contributed by atoms with E-state index in [1.807, 2.05) is 0 Å². The molecule has 6 aliphatic rings. The lowest BCUT2D eigenvalue weighted by Crippen LogP contribution is -3.18. The predicted octanol–water partition coefficient (Wildman–Crippen LogP) is 2.06. The number of hydrogen-bond acceptors (Lipinski definition) is 3. The van der Waals surface area contributed by atoms with Gasteiger partial charge in [-0.05, 0) is 57.3 Å². The third-order valence-corrected chi connectivity index (χ3v) is 9.55. The quantitative estimate of drug-likeness (QED) is 0.564. The van der Waals surface area contributed by atoms with Gasteiger partial charge in [-0.2, -0.15) is 0 Å². The molecule has 4 atom stereocenters. The van der Waals surface area contributed by atoms with Crippen molar-refractivity contribution in [3.63, 3.8) is 0 Å². The zero-order chi connectivity index (χ0) is 16.0. The van der Waals surface area contributed by atoms with E-state index in [1.165, 1.54) is 7.11 Å². The Morgan fingerprint density at radius 2 is 1.55 bits per heavy atom. The van der Waals surface area contributed by atoms with Crippen LogP contribution in [0.3, 0.4) is 0 Å². The minimum absolute atomic E-state index is 0.0477. The zero-order valence-corrected chi connectivity index (χ0v) is 15.2. The highest BCUT2D eigenvalue weighted by Gasteiger charge is 3.18. The third-order valence-electron chi connectivity index (χ3n) is 7.90. The molecule has 0 radical (unpaired) electrons. The van der Waals surface area contributed by atoms with Crippen LogP contribution in [-0.4, -0.2) is 40.3 Å². The molecule has 0 N–H and O–H groups in total. The van der Waals surface area contributed by atoms with Crippen LogP contribution >= 0.6 is 15.9 Å². The number of esters is 1. The SMILES string of the molecule is COC(=O)C12C3C4C1C1C4(C(=O)N(C(C)C)C(C)C)C3C12Br. The average Bonchev–Trinajstić information content (AvgIpc) is 2.44. The molecule has 0 heterocycles. The van der Waals surface area contributed by atoms with Crippen LogP contribution in [0.1, 0.15) is 27.7 Å². The Labute approximate surface area is 139 Å². The van der Waals surface area contributed by atoms with Crippen molar-refractivity contribution in [2.45, 2.75) is 44.1 Å². The fraction of sp³-hybridized carbons (Fsp3) is 0.882. The van der Waals surface area contributed by atoms with Crippen molar-refractivity contribution in [2.75, 3.05) is 7.11 Å². The Morgan fingerprint density at radius 3 is 1.91 bits per heavy atom. The molecular formula is C17H22BrNO3. The molecule has 6 fully saturated rings. The van der Waals surface area contributed by atoms with E-state index in [9.17, 15) is 9.59 Å². The van der Waals surface area contributed by atoms with E-state index >= 15 is 0 Å². The summed E-state index contributed by atoms with van der Waals surface area (Å²) in [5.41, 5.74) is -0.409. The maximum absolute atomic E-state index is 13.3. The lowest BCUT2D eigenvalue weighted by molar-refractivity contribution is -0.606. The van der Waals surface area contributed by atoms with Crippen LogP contribution in [-0.2, 0) is 14.3 Å². The number of amides is 1. The molecule has 0 spiro atoms. The molecule has 4 unspecified atom stereocenters. The Kier molecular flexibility index (Phi) is 2.06. The van der Waals surface area contributed by atoms with E-state index < -0.39 is 0 Å². The van der Waals surface area contributed by atoms with E-state index in [0.717, 1.165) is 0 Å². The number of halogens is 1. The summed E-state index contributed by atoms with van der Waals surface area (Å²) in [6, 6.07) is 0.461. The summed E-state index contributed by atoms with van der Waals surface area (Å²) < 4.78 is 4.96. The molecule has 6 saturated carbocycles. The van der Waals surface area contributed by atoms with Gasteiger partial charge in [0.2, 0.25) is 5.91 Å². The number of carbonyl (C=O) groups excluding carboxylic acids is 2. The van der Waals surface area contributed by atoms with Gasteiger partial charge in [-0.15, -0.1) is 0 Å². The second-order valence-corrected chi connectivity index (χ2v) is 9.81. The van der Waals surface area contributed by atoms with E-state index in [0.29, 0.717) is 35.5 Å². The molecule has 0 saturated heterocycles. The van der Waals surface area contributed by atoms with Gasteiger partial charge in [-0.1, -0.05) is 15.9 Å². The minimum Gasteiger partial charge on any atom is -0.469 e. The molecule has 0 aliphatic heterocycles. The molecule has 6 rings (SSSR count). The van der Waals surface area contributed by atoms with Crippen molar-refractivity contribution in [3.8, 4) is 0 Å². The first-order valence-electron chi connectivity index (χ1n) is 8.36. The monoisotopic (exact) mass is 367 g/mol. The summed E-state index contributed by atoms with van der Waals surface area (Å²) in [7, 11) is 1.49. The van der Waals surface area contributed by atoms with Crippen LogP contribution in [0.4, 0.5) is 0 Å². The van der Waals surface area contributed by atoms with Crippen LogP contribution in [0.5, 0.6) is 0 Å². The van der Waals surface area contributed by atoms with Crippen molar-refractivity contribution < 1.29 is 14.3 Å². The van der Waals surface area contributed by atoms with Crippen molar-refractivity contribution >= 4 is 27.8 Å². The summed E-state index contributed by atoms with van der Waals surface area (Å²) >= 11 is 3.87. The topological polar surface area (TPSA) is 46.6 Å². The molecule has 6 aliphatic carbocycles. The molecule has 0 aromatic carbocycles. The summed E-state index contributed by atoms with van der Waals surface area (Å²) in [6.07, 6.45) is 0. The van der Waals surface area contributed by atoms with Crippen molar-refractivity contribution in [2.24, 2.45) is 40.4 Å². The Morgan fingerprint density at radius 1 is 1.05 bits per heavy atom. The Bertz CT molecular complexity index is 614. The fourth-order valence-electron chi connectivity index (χ4n) is 7.84. The summed E-state index contributed by atoms with van der Waals surface area (Å²) in [5.74, 6) is 2.29. The summed E-state index contributed by atoms with van der Waals surface area (Å²) in [5, 5.41) is 0. The molecule has 0 bridgehead atoms. The second-order valence-electron chi connectivity index (χ2n) is 8.49. The number of hydrogen-bond donors (Lipinski definition) is 0. The highest BCUT2D eigenvalue weighted by atomic mass is 79.9. The molecule has 22 heavy (non-hydrogen) atoms. The van der Waals surface area contributed by atoms with Gasteiger partial charge in [0, 0.05) is 12.1 Å². The summed E-state index contributed by atoms with van der Waals surface area (Å²) in [6.45, 7) is 8.39. The van der Waals surface area contributed by atoms with Gasteiger partial charge in [-0.3, -0.25) is 9.59 Å². The molecule has 0 aromatic heterocycles. The van der Waals surface area contributed by atoms with E-state index in [2.05, 4.69) is 48.5 Å². The van der Waals surface area contributed by atoms with Gasteiger partial charge in [0.25, 0.3) is 0 Å². The summed E-state index contributed by atoms with van der Waals surface area (Å²) in [4.78, 5) is 27.6. The highest BCUT2D eigenvalue weighted by Crippen LogP contribution is 3.13. The first-order valence-corrected chi connectivity index (χ1v) is 9.16. The van der Waals surface area contributed by atoms with Crippen LogP contribution in [0.25, 0.3) is 0 Å². The lowest BCUT2D eigenvalue weighted by Gasteiger charge is -3.12. The smallest absolute Gasteiger partial charge is 0.313 e. The maximum Gasteiger partial charge on any atom is 0.313 e. The average molecular weight is 368 g/mol. The number of carbonyl (C=O) groups is 2. The standard InChI is InChI=1S/C17H22BrNO3/c1-6(2)19(7(3)4)13(20)15-8-9-11(15)17(18)12(15)10(8)16(9,17)14(21)22-5/h6-12H,1-5H3. The van der Waals surface area contributed by atoms with Gasteiger partial charge >= 0.3 is 5.97 Å². The molecule has 0 aromatic rings. The minimum atomic E-state index is -0.274. The van der Waals surface area contributed by atoms with E-state index in [1.54, 1.807) is 0 Å². The van der Waals surface area contributed by atoms with Crippen LogP contribution in [0, 0.1) is 40.4 Å². The van der Waals surface area contributed by atoms with Gasteiger partial charge < -0.3 is 9.64 Å². The molecule has 120 valence electrons. The number of alkyl halides is 1. The van der Waals surface area contributed by atoms with Gasteiger partial charge in [0.15, 0.2) is 0 Å². The molecule has 5 heteroatoms. The van der Waals surface area contributed by atoms with Crippen LogP contribution in [0.15, 0.2) is 0 Å². The number of methoxy groups -OCH3 is 1.